The molecule has 156 valence electrons. The lowest BCUT2D eigenvalue weighted by atomic mass is 10.1. The van der Waals surface area contributed by atoms with E-state index in [0.717, 1.165) is 10.6 Å². The van der Waals surface area contributed by atoms with Gasteiger partial charge in [-0.15, -0.1) is 0 Å². The SMILES string of the molecule is COCCNC(=O)c1ccccc1NC(=O)[C@H](C)N(c1ccccc1)S(C)(=O)=O. The number of para-hydroxylation sites is 2. The molecule has 2 amide bonds. The standard InChI is InChI=1S/C20H25N3O5S/c1-15(23(29(3,26)27)16-9-5-4-6-10-16)19(24)22-18-12-8-7-11-17(18)20(25)21-13-14-28-2/h4-12,15H,13-14H2,1-3H3,(H,21,25)(H,22,24)/t15-/m0/s1. The number of methoxy groups -OCH3 is 1. The monoisotopic (exact) mass is 419 g/mol. The van der Waals surface area contributed by atoms with Crippen molar-refractivity contribution in [1.29, 1.82) is 0 Å². The van der Waals surface area contributed by atoms with E-state index in [1.807, 2.05) is 0 Å². The summed E-state index contributed by atoms with van der Waals surface area (Å²) in [4.78, 5) is 25.2. The zero-order chi connectivity index (χ0) is 21.4. The molecule has 8 nitrogen and oxygen atoms in total. The van der Waals surface area contributed by atoms with E-state index in [2.05, 4.69) is 10.6 Å². The second-order valence-corrected chi connectivity index (χ2v) is 8.21. The number of benzene rings is 2. The first-order valence-corrected chi connectivity index (χ1v) is 10.8. The van der Waals surface area contributed by atoms with Crippen molar-refractivity contribution in [2.45, 2.75) is 13.0 Å². The Labute approximate surface area is 170 Å². The van der Waals surface area contributed by atoms with Crippen LogP contribution in [0, 0.1) is 0 Å². The number of amides is 2. The van der Waals surface area contributed by atoms with Gasteiger partial charge >= 0.3 is 0 Å². The maximum atomic E-state index is 12.8. The average molecular weight is 420 g/mol. The molecule has 2 aromatic carbocycles. The minimum Gasteiger partial charge on any atom is -0.383 e. The topological polar surface area (TPSA) is 105 Å². The minimum absolute atomic E-state index is 0.273. The van der Waals surface area contributed by atoms with E-state index in [4.69, 9.17) is 4.74 Å². The Morgan fingerprint density at radius 1 is 1.07 bits per heavy atom. The molecule has 0 saturated carbocycles. The fraction of sp³-hybridized carbons (Fsp3) is 0.300. The van der Waals surface area contributed by atoms with Gasteiger partial charge in [0.25, 0.3) is 5.91 Å². The summed E-state index contributed by atoms with van der Waals surface area (Å²) in [7, 11) is -2.19. The lowest BCUT2D eigenvalue weighted by Crippen LogP contribution is -2.45. The molecule has 0 spiro atoms. The zero-order valence-electron chi connectivity index (χ0n) is 16.6. The molecule has 0 heterocycles. The van der Waals surface area contributed by atoms with Crippen molar-refractivity contribution >= 4 is 33.2 Å². The molecule has 0 bridgehead atoms. The zero-order valence-corrected chi connectivity index (χ0v) is 17.4. The molecular weight excluding hydrogens is 394 g/mol. The van der Waals surface area contributed by atoms with Gasteiger partial charge in [0.1, 0.15) is 6.04 Å². The van der Waals surface area contributed by atoms with Crippen LogP contribution in [0.15, 0.2) is 54.6 Å². The van der Waals surface area contributed by atoms with Crippen molar-refractivity contribution < 1.29 is 22.7 Å². The van der Waals surface area contributed by atoms with E-state index in [-0.39, 0.29) is 11.5 Å². The lowest BCUT2D eigenvalue weighted by molar-refractivity contribution is -0.116. The molecule has 1 atom stereocenters. The molecule has 0 fully saturated rings. The first kappa shape index (κ1) is 22.4. The van der Waals surface area contributed by atoms with Crippen LogP contribution in [0.4, 0.5) is 11.4 Å². The molecule has 9 heteroatoms. The van der Waals surface area contributed by atoms with Crippen molar-refractivity contribution in [3.05, 3.63) is 60.2 Å². The highest BCUT2D eigenvalue weighted by molar-refractivity contribution is 7.92. The third-order valence-electron chi connectivity index (χ3n) is 4.12. The summed E-state index contributed by atoms with van der Waals surface area (Å²) in [6, 6.07) is 13.9. The minimum atomic E-state index is -3.72. The molecule has 0 aliphatic heterocycles. The van der Waals surface area contributed by atoms with Crippen molar-refractivity contribution in [3.8, 4) is 0 Å². The second-order valence-electron chi connectivity index (χ2n) is 6.35. The van der Waals surface area contributed by atoms with Crippen LogP contribution in [0.5, 0.6) is 0 Å². The molecule has 0 aliphatic carbocycles. The van der Waals surface area contributed by atoms with Crippen molar-refractivity contribution in [2.24, 2.45) is 0 Å². The molecule has 2 rings (SSSR count). The van der Waals surface area contributed by atoms with Gasteiger partial charge in [-0.3, -0.25) is 13.9 Å². The Kier molecular flexibility index (Phi) is 7.74. The number of nitrogens with one attached hydrogen (secondary N) is 2. The molecule has 0 aromatic heterocycles. The highest BCUT2D eigenvalue weighted by Gasteiger charge is 2.29. The Morgan fingerprint density at radius 3 is 2.31 bits per heavy atom. The van der Waals surface area contributed by atoms with Crippen LogP contribution in [0.3, 0.4) is 0 Å². The Balaban J connectivity index is 2.24. The molecule has 0 unspecified atom stereocenters. The van der Waals surface area contributed by atoms with Gasteiger partial charge in [0.2, 0.25) is 15.9 Å². The van der Waals surface area contributed by atoms with Crippen LogP contribution in [0.2, 0.25) is 0 Å². The Bertz CT molecular complexity index is 948. The van der Waals surface area contributed by atoms with Crippen molar-refractivity contribution in [1.82, 2.24) is 5.32 Å². The fourth-order valence-corrected chi connectivity index (χ4v) is 3.95. The van der Waals surface area contributed by atoms with E-state index >= 15 is 0 Å². The van der Waals surface area contributed by atoms with Gasteiger partial charge in [-0.05, 0) is 31.2 Å². The van der Waals surface area contributed by atoms with Gasteiger partial charge in [-0.1, -0.05) is 30.3 Å². The average Bonchev–Trinajstić information content (AvgIpc) is 2.68. The maximum absolute atomic E-state index is 12.8. The highest BCUT2D eigenvalue weighted by Crippen LogP contribution is 2.22. The van der Waals surface area contributed by atoms with E-state index in [0.29, 0.717) is 24.5 Å². The van der Waals surface area contributed by atoms with Crippen molar-refractivity contribution in [2.75, 3.05) is 36.1 Å². The number of sulfonamides is 1. The summed E-state index contributed by atoms with van der Waals surface area (Å²) in [5, 5.41) is 5.36. The molecule has 29 heavy (non-hydrogen) atoms. The van der Waals surface area contributed by atoms with Gasteiger partial charge in [0.15, 0.2) is 0 Å². The van der Waals surface area contributed by atoms with E-state index in [9.17, 15) is 18.0 Å². The van der Waals surface area contributed by atoms with Crippen LogP contribution in [0.25, 0.3) is 0 Å². The van der Waals surface area contributed by atoms with Gasteiger partial charge in [0.05, 0.1) is 29.8 Å². The lowest BCUT2D eigenvalue weighted by Gasteiger charge is -2.28. The quantitative estimate of drug-likeness (QED) is 0.604. The summed E-state index contributed by atoms with van der Waals surface area (Å²) in [5.41, 5.74) is 0.943. The van der Waals surface area contributed by atoms with E-state index < -0.39 is 22.0 Å². The smallest absolute Gasteiger partial charge is 0.253 e. The van der Waals surface area contributed by atoms with Crippen LogP contribution in [-0.2, 0) is 19.6 Å². The third kappa shape index (κ3) is 6.03. The predicted molar refractivity (Wildman–Crippen MR) is 113 cm³/mol. The predicted octanol–water partition coefficient (Wildman–Crippen LogP) is 1.86. The number of carbonyl (C=O) groups excluding carboxylic acids is 2. The summed E-state index contributed by atoms with van der Waals surface area (Å²) >= 11 is 0. The van der Waals surface area contributed by atoms with Gasteiger partial charge < -0.3 is 15.4 Å². The molecule has 2 N–H and O–H groups in total. The number of hydrogen-bond acceptors (Lipinski definition) is 5. The molecule has 0 radical (unpaired) electrons. The van der Waals surface area contributed by atoms with Crippen LogP contribution in [-0.4, -0.2) is 52.8 Å². The Hall–Kier alpha value is -2.91. The first-order chi connectivity index (χ1) is 13.8. The molecule has 0 saturated heterocycles. The van der Waals surface area contributed by atoms with E-state index in [1.165, 1.54) is 14.0 Å². The van der Waals surface area contributed by atoms with Crippen LogP contribution >= 0.6 is 0 Å². The normalized spacial score (nSPS) is 12.1. The Morgan fingerprint density at radius 2 is 1.69 bits per heavy atom. The third-order valence-corrected chi connectivity index (χ3v) is 5.36. The van der Waals surface area contributed by atoms with Gasteiger partial charge in [-0.2, -0.15) is 0 Å². The second kappa shape index (κ2) is 10.0. The molecule has 0 aliphatic rings. The number of anilines is 2. The highest BCUT2D eigenvalue weighted by atomic mass is 32.2. The maximum Gasteiger partial charge on any atom is 0.253 e. The van der Waals surface area contributed by atoms with Crippen LogP contribution < -0.4 is 14.9 Å². The summed E-state index contributed by atoms with van der Waals surface area (Å²) in [6.45, 7) is 2.17. The number of rotatable bonds is 9. The summed E-state index contributed by atoms with van der Waals surface area (Å²) < 4.78 is 30.6. The van der Waals surface area contributed by atoms with E-state index in [1.54, 1.807) is 54.6 Å². The molecular formula is C20H25N3O5S. The molecule has 2 aromatic rings. The number of carbonyl (C=O) groups is 2. The van der Waals surface area contributed by atoms with Crippen molar-refractivity contribution in [3.63, 3.8) is 0 Å². The van der Waals surface area contributed by atoms with Gasteiger partial charge in [-0.25, -0.2) is 8.42 Å². The summed E-state index contributed by atoms with van der Waals surface area (Å²) in [6.07, 6.45) is 1.04. The summed E-state index contributed by atoms with van der Waals surface area (Å²) in [5.74, 6) is -0.926. The number of nitrogens with zero attached hydrogens (tertiary/aromatic N) is 1. The number of ether oxygens (including phenoxy) is 1. The fourth-order valence-electron chi connectivity index (χ4n) is 2.77. The first-order valence-electron chi connectivity index (χ1n) is 8.97. The van der Waals surface area contributed by atoms with Gasteiger partial charge in [0, 0.05) is 13.7 Å². The largest absolute Gasteiger partial charge is 0.383 e. The van der Waals surface area contributed by atoms with Crippen LogP contribution in [0.1, 0.15) is 17.3 Å². The number of hydrogen-bond donors (Lipinski definition) is 2.